The zero-order chi connectivity index (χ0) is 19.1. The summed E-state index contributed by atoms with van der Waals surface area (Å²) in [5, 5.41) is 11.0. The molecule has 0 unspecified atom stereocenters. The Labute approximate surface area is 168 Å². The van der Waals surface area contributed by atoms with Crippen LogP contribution in [0.4, 0.5) is 5.69 Å². The van der Waals surface area contributed by atoms with E-state index >= 15 is 0 Å². The first-order valence-electron chi connectivity index (χ1n) is 9.19. The Morgan fingerprint density at radius 2 is 1.57 bits per heavy atom. The van der Waals surface area contributed by atoms with E-state index in [1.54, 1.807) is 11.8 Å². The number of nitrogens with one attached hydrogen (secondary N) is 1. The smallest absolute Gasteiger partial charge is 0.130 e. The third-order valence-electron chi connectivity index (χ3n) is 5.05. The Kier molecular flexibility index (Phi) is 4.06. The predicted octanol–water partition coefficient (Wildman–Crippen LogP) is 5.65. The minimum absolute atomic E-state index is 0.472. The first kappa shape index (κ1) is 16.9. The van der Waals surface area contributed by atoms with Gasteiger partial charge in [0.1, 0.15) is 5.49 Å². The van der Waals surface area contributed by atoms with Crippen molar-refractivity contribution in [3.63, 3.8) is 0 Å². The van der Waals surface area contributed by atoms with Gasteiger partial charge < -0.3 is 4.90 Å². The van der Waals surface area contributed by atoms with E-state index in [1.165, 1.54) is 15.6 Å². The van der Waals surface area contributed by atoms with Gasteiger partial charge in [-0.15, -0.1) is 0 Å². The van der Waals surface area contributed by atoms with Crippen LogP contribution in [0.5, 0.6) is 0 Å². The van der Waals surface area contributed by atoms with Crippen molar-refractivity contribution in [1.82, 2.24) is 4.57 Å². The lowest BCUT2D eigenvalue weighted by molar-refractivity contribution is 0.965. The maximum absolute atomic E-state index is 8.70. The monoisotopic (exact) mass is 381 g/mol. The van der Waals surface area contributed by atoms with Crippen LogP contribution in [0.2, 0.25) is 0 Å². The van der Waals surface area contributed by atoms with Crippen LogP contribution in [0.15, 0.2) is 94.9 Å². The number of para-hydroxylation sites is 3. The molecule has 28 heavy (non-hydrogen) atoms. The summed E-state index contributed by atoms with van der Waals surface area (Å²) in [7, 11) is 2.10. The number of hydrogen-bond donors (Lipinski definition) is 1. The molecule has 0 bridgehead atoms. The number of pyridine rings is 1. The standard InChI is InChI=1S/C24H19N3S/c1-26-21-13-7-8-14-22(21)28-24(26)16-17-15-23(25)27(18-9-3-2-4-10-18)20-12-6-5-11-19(17)20/h2-16,25H,1H3/b24-16+,25-23?. The molecule has 3 nitrogen and oxygen atoms in total. The molecule has 0 spiro atoms. The van der Waals surface area contributed by atoms with Gasteiger partial charge in [-0.25, -0.2) is 0 Å². The second kappa shape index (κ2) is 6.73. The maximum atomic E-state index is 8.70. The van der Waals surface area contributed by atoms with Gasteiger partial charge in [0.25, 0.3) is 0 Å². The number of aromatic nitrogens is 1. The van der Waals surface area contributed by atoms with Gasteiger partial charge in [0.15, 0.2) is 0 Å². The molecule has 2 heterocycles. The van der Waals surface area contributed by atoms with Crippen LogP contribution in [0.25, 0.3) is 22.7 Å². The molecule has 1 aliphatic rings. The van der Waals surface area contributed by atoms with Crippen molar-refractivity contribution in [1.29, 1.82) is 5.41 Å². The van der Waals surface area contributed by atoms with Crippen LogP contribution in [-0.2, 0) is 0 Å². The fraction of sp³-hybridized carbons (Fsp3) is 0.0417. The average Bonchev–Trinajstić information content (AvgIpc) is 3.04. The molecule has 1 N–H and O–H groups in total. The summed E-state index contributed by atoms with van der Waals surface area (Å²) in [5.41, 5.74) is 4.80. The lowest BCUT2D eigenvalue weighted by atomic mass is 10.1. The molecule has 1 aliphatic heterocycles. The van der Waals surface area contributed by atoms with E-state index in [4.69, 9.17) is 5.41 Å². The molecule has 4 aromatic rings. The summed E-state index contributed by atoms with van der Waals surface area (Å²) in [5.74, 6) is 0. The van der Waals surface area contributed by atoms with Gasteiger partial charge in [0, 0.05) is 23.0 Å². The number of rotatable bonds is 2. The van der Waals surface area contributed by atoms with Crippen molar-refractivity contribution in [2.75, 3.05) is 11.9 Å². The molecule has 0 atom stereocenters. The molecule has 0 fully saturated rings. The zero-order valence-electron chi connectivity index (χ0n) is 15.5. The summed E-state index contributed by atoms with van der Waals surface area (Å²) in [6.45, 7) is 0. The van der Waals surface area contributed by atoms with Crippen LogP contribution in [0.3, 0.4) is 0 Å². The summed E-state index contributed by atoms with van der Waals surface area (Å²) < 4.78 is 2.00. The molecule has 0 amide bonds. The molecular formula is C24H19N3S. The minimum Gasteiger partial charge on any atom is -0.338 e. The highest BCUT2D eigenvalue weighted by Crippen LogP contribution is 2.45. The molecule has 5 rings (SSSR count). The topological polar surface area (TPSA) is 32.0 Å². The molecule has 1 aromatic heterocycles. The fourth-order valence-corrected chi connectivity index (χ4v) is 4.79. The van der Waals surface area contributed by atoms with E-state index in [-0.39, 0.29) is 0 Å². The van der Waals surface area contributed by atoms with E-state index in [1.807, 2.05) is 47.0 Å². The van der Waals surface area contributed by atoms with Crippen LogP contribution < -0.4 is 10.4 Å². The average molecular weight is 382 g/mol. The lowest BCUT2D eigenvalue weighted by Gasteiger charge is -2.16. The molecule has 0 radical (unpaired) electrons. The highest BCUT2D eigenvalue weighted by Gasteiger charge is 2.21. The third kappa shape index (κ3) is 2.74. The van der Waals surface area contributed by atoms with Crippen molar-refractivity contribution >= 4 is 34.4 Å². The highest BCUT2D eigenvalue weighted by molar-refractivity contribution is 8.03. The number of thioether (sulfide) groups is 1. The Balaban J connectivity index is 1.70. The first-order valence-corrected chi connectivity index (χ1v) is 10.0. The van der Waals surface area contributed by atoms with Crippen molar-refractivity contribution in [3.8, 4) is 5.69 Å². The van der Waals surface area contributed by atoms with Crippen molar-refractivity contribution in [2.45, 2.75) is 4.90 Å². The van der Waals surface area contributed by atoms with Gasteiger partial charge in [-0.1, -0.05) is 60.3 Å². The van der Waals surface area contributed by atoms with E-state index in [0.29, 0.717) is 5.49 Å². The van der Waals surface area contributed by atoms with Gasteiger partial charge in [-0.3, -0.25) is 9.98 Å². The Morgan fingerprint density at radius 1 is 0.857 bits per heavy atom. The van der Waals surface area contributed by atoms with Gasteiger partial charge >= 0.3 is 0 Å². The van der Waals surface area contributed by atoms with E-state index in [9.17, 15) is 0 Å². The van der Waals surface area contributed by atoms with Gasteiger partial charge in [0.2, 0.25) is 0 Å². The molecule has 3 aromatic carbocycles. The van der Waals surface area contributed by atoms with Crippen LogP contribution >= 0.6 is 11.8 Å². The minimum atomic E-state index is 0.472. The number of fused-ring (bicyclic) bond motifs is 2. The summed E-state index contributed by atoms with van der Waals surface area (Å²) in [4.78, 5) is 3.48. The third-order valence-corrected chi connectivity index (χ3v) is 6.22. The molecule has 0 aliphatic carbocycles. The van der Waals surface area contributed by atoms with Crippen LogP contribution in [-0.4, -0.2) is 11.6 Å². The largest absolute Gasteiger partial charge is 0.338 e. The second-order valence-corrected chi connectivity index (χ2v) is 7.85. The molecular weight excluding hydrogens is 362 g/mol. The van der Waals surface area contributed by atoms with Crippen LogP contribution in [0, 0.1) is 5.41 Å². The Bertz CT molecular complexity index is 1270. The molecule has 136 valence electrons. The van der Waals surface area contributed by atoms with Crippen molar-refractivity contribution in [2.24, 2.45) is 0 Å². The quantitative estimate of drug-likeness (QED) is 0.486. The summed E-state index contributed by atoms with van der Waals surface area (Å²) in [6, 6.07) is 28.8. The van der Waals surface area contributed by atoms with Gasteiger partial charge in [-0.05, 0) is 48.0 Å². The van der Waals surface area contributed by atoms with Gasteiger partial charge in [-0.2, -0.15) is 0 Å². The molecule has 0 saturated carbocycles. The van der Waals surface area contributed by atoms with Crippen molar-refractivity contribution < 1.29 is 0 Å². The number of hydrogen-bond acceptors (Lipinski definition) is 3. The summed E-state index contributed by atoms with van der Waals surface area (Å²) >= 11 is 1.77. The first-order chi connectivity index (χ1) is 13.7. The highest BCUT2D eigenvalue weighted by atomic mass is 32.2. The van der Waals surface area contributed by atoms with Crippen molar-refractivity contribution in [3.05, 3.63) is 101 Å². The molecule has 4 heteroatoms. The zero-order valence-corrected chi connectivity index (χ0v) is 16.3. The predicted molar refractivity (Wildman–Crippen MR) is 118 cm³/mol. The second-order valence-electron chi connectivity index (χ2n) is 6.78. The van der Waals surface area contributed by atoms with E-state index < -0.39 is 0 Å². The lowest BCUT2D eigenvalue weighted by Crippen LogP contribution is -2.19. The summed E-state index contributed by atoms with van der Waals surface area (Å²) in [6.07, 6.45) is 2.19. The van der Waals surface area contributed by atoms with Gasteiger partial charge in [0.05, 0.1) is 16.2 Å². The van der Waals surface area contributed by atoms with E-state index in [0.717, 1.165) is 22.2 Å². The number of nitrogens with zero attached hydrogens (tertiary/aromatic N) is 2. The maximum Gasteiger partial charge on any atom is 0.130 e. The Morgan fingerprint density at radius 3 is 2.39 bits per heavy atom. The van der Waals surface area contributed by atoms with E-state index in [2.05, 4.69) is 60.5 Å². The Hall–Kier alpha value is -3.24. The number of benzene rings is 3. The van der Waals surface area contributed by atoms with Crippen LogP contribution in [0.1, 0.15) is 5.56 Å². The normalized spacial score (nSPS) is 14.6. The SMILES string of the molecule is CN1/C(=C\c2cc(=N)n(-c3ccccc3)c3ccccc23)Sc2ccccc21. The molecule has 0 saturated heterocycles. The number of anilines is 1. The fourth-order valence-electron chi connectivity index (χ4n) is 3.69.